The fourth-order valence-electron chi connectivity index (χ4n) is 1.16. The molecule has 1 rings (SSSR count). The zero-order chi connectivity index (χ0) is 9.68. The summed E-state index contributed by atoms with van der Waals surface area (Å²) in [5.41, 5.74) is 3.96. The highest BCUT2D eigenvalue weighted by atomic mass is 127. The van der Waals surface area contributed by atoms with Crippen molar-refractivity contribution in [1.29, 1.82) is 0 Å². The van der Waals surface area contributed by atoms with Crippen molar-refractivity contribution in [3.63, 3.8) is 0 Å². The van der Waals surface area contributed by atoms with Crippen molar-refractivity contribution >= 4 is 22.6 Å². The maximum atomic E-state index is 5.43. The third-order valence-corrected chi connectivity index (χ3v) is 2.60. The second-order valence-electron chi connectivity index (χ2n) is 2.80. The van der Waals surface area contributed by atoms with Crippen molar-refractivity contribution < 1.29 is 0 Å². The molecule has 0 bridgehead atoms. The van der Waals surface area contributed by atoms with Crippen molar-refractivity contribution in [2.45, 2.75) is 12.5 Å². The lowest BCUT2D eigenvalue weighted by Gasteiger charge is -2.13. The second kappa shape index (κ2) is 5.36. The first-order valence-electron chi connectivity index (χ1n) is 4.10. The van der Waals surface area contributed by atoms with Crippen LogP contribution in [0.5, 0.6) is 0 Å². The van der Waals surface area contributed by atoms with Gasteiger partial charge in [0.25, 0.3) is 0 Å². The van der Waals surface area contributed by atoms with Crippen molar-refractivity contribution in [2.24, 2.45) is 5.84 Å². The van der Waals surface area contributed by atoms with Gasteiger partial charge in [-0.05, 0) is 46.7 Å². The van der Waals surface area contributed by atoms with Crippen LogP contribution in [0, 0.1) is 3.57 Å². The minimum atomic E-state index is 0.175. The molecule has 2 nitrogen and oxygen atoms in total. The molecule has 0 saturated carbocycles. The Morgan fingerprint density at radius 3 is 2.54 bits per heavy atom. The number of halogens is 1. The summed E-state index contributed by atoms with van der Waals surface area (Å²) < 4.78 is 1.23. The Balaban J connectivity index is 2.78. The molecule has 0 saturated heterocycles. The van der Waals surface area contributed by atoms with Gasteiger partial charge in [-0.1, -0.05) is 18.2 Å². The lowest BCUT2D eigenvalue weighted by Crippen LogP contribution is -2.27. The van der Waals surface area contributed by atoms with Crippen molar-refractivity contribution in [2.75, 3.05) is 0 Å². The Kier molecular flexibility index (Phi) is 4.41. The number of hydrogen-bond donors (Lipinski definition) is 2. The fraction of sp³-hybridized carbons (Fsp3) is 0.200. The number of nitrogens with two attached hydrogens (primary N) is 1. The number of hydrogen-bond acceptors (Lipinski definition) is 2. The van der Waals surface area contributed by atoms with E-state index < -0.39 is 0 Å². The van der Waals surface area contributed by atoms with E-state index in [2.05, 4.69) is 58.9 Å². The average Bonchev–Trinajstić information content (AvgIpc) is 2.16. The number of hydrazine groups is 1. The molecule has 0 aliphatic rings. The van der Waals surface area contributed by atoms with E-state index in [0.717, 1.165) is 6.42 Å². The molecular formula is C10H13IN2. The van der Waals surface area contributed by atoms with Gasteiger partial charge in [-0.25, -0.2) is 0 Å². The molecule has 1 unspecified atom stereocenters. The molecule has 0 aliphatic heterocycles. The molecule has 0 spiro atoms. The molecule has 1 aromatic carbocycles. The lowest BCUT2D eigenvalue weighted by molar-refractivity contribution is 0.561. The average molecular weight is 288 g/mol. The Hall–Kier alpha value is -0.390. The maximum absolute atomic E-state index is 5.43. The zero-order valence-electron chi connectivity index (χ0n) is 7.33. The van der Waals surface area contributed by atoms with Gasteiger partial charge in [0, 0.05) is 9.61 Å². The molecule has 0 heterocycles. The molecule has 0 aromatic heterocycles. The highest BCUT2D eigenvalue weighted by Crippen LogP contribution is 2.17. The standard InChI is InChI=1S/C10H13IN2/c1-2-3-10(13-12)8-4-6-9(11)7-5-8/h2,4-7,10,13H,1,3,12H2. The fourth-order valence-corrected chi connectivity index (χ4v) is 1.52. The van der Waals surface area contributed by atoms with Crippen LogP contribution in [-0.2, 0) is 0 Å². The van der Waals surface area contributed by atoms with Gasteiger partial charge in [0.1, 0.15) is 0 Å². The Bertz CT molecular complexity index is 269. The molecule has 3 heteroatoms. The van der Waals surface area contributed by atoms with Crippen LogP contribution in [0.4, 0.5) is 0 Å². The zero-order valence-corrected chi connectivity index (χ0v) is 9.49. The summed E-state index contributed by atoms with van der Waals surface area (Å²) in [6.45, 7) is 3.69. The van der Waals surface area contributed by atoms with Gasteiger partial charge in [-0.15, -0.1) is 6.58 Å². The maximum Gasteiger partial charge on any atom is 0.0494 e. The second-order valence-corrected chi connectivity index (χ2v) is 4.04. The molecule has 0 fully saturated rings. The van der Waals surface area contributed by atoms with Crippen molar-refractivity contribution in [3.05, 3.63) is 46.1 Å². The SMILES string of the molecule is C=CCC(NN)c1ccc(I)cc1. The van der Waals surface area contributed by atoms with Crippen LogP contribution >= 0.6 is 22.6 Å². The van der Waals surface area contributed by atoms with Crippen LogP contribution in [0.2, 0.25) is 0 Å². The van der Waals surface area contributed by atoms with Crippen LogP contribution in [0.3, 0.4) is 0 Å². The third-order valence-electron chi connectivity index (χ3n) is 1.88. The minimum Gasteiger partial charge on any atom is -0.271 e. The molecule has 1 aromatic rings. The van der Waals surface area contributed by atoms with Gasteiger partial charge in [0.15, 0.2) is 0 Å². The van der Waals surface area contributed by atoms with Crippen molar-refractivity contribution in [1.82, 2.24) is 5.43 Å². The summed E-state index contributed by atoms with van der Waals surface area (Å²) in [6, 6.07) is 8.48. The Labute approximate surface area is 92.3 Å². The molecule has 0 amide bonds. The van der Waals surface area contributed by atoms with E-state index in [1.54, 1.807) is 0 Å². The highest BCUT2D eigenvalue weighted by molar-refractivity contribution is 14.1. The summed E-state index contributed by atoms with van der Waals surface area (Å²) in [7, 11) is 0. The lowest BCUT2D eigenvalue weighted by atomic mass is 10.1. The minimum absolute atomic E-state index is 0.175. The molecule has 70 valence electrons. The normalized spacial score (nSPS) is 12.5. The van der Waals surface area contributed by atoms with Gasteiger partial charge < -0.3 is 0 Å². The quantitative estimate of drug-likeness (QED) is 0.386. The van der Waals surface area contributed by atoms with E-state index in [1.807, 2.05) is 6.08 Å². The topological polar surface area (TPSA) is 38.0 Å². The van der Waals surface area contributed by atoms with Gasteiger partial charge in [0.2, 0.25) is 0 Å². The number of benzene rings is 1. The molecular weight excluding hydrogens is 275 g/mol. The number of rotatable bonds is 4. The van der Waals surface area contributed by atoms with Crippen molar-refractivity contribution in [3.8, 4) is 0 Å². The predicted octanol–water partition coefficient (Wildman–Crippen LogP) is 2.37. The highest BCUT2D eigenvalue weighted by Gasteiger charge is 2.06. The Morgan fingerprint density at radius 2 is 2.08 bits per heavy atom. The van der Waals surface area contributed by atoms with E-state index in [-0.39, 0.29) is 6.04 Å². The molecule has 0 radical (unpaired) electrons. The largest absolute Gasteiger partial charge is 0.271 e. The summed E-state index contributed by atoms with van der Waals surface area (Å²) in [5.74, 6) is 5.43. The van der Waals surface area contributed by atoms with E-state index in [9.17, 15) is 0 Å². The van der Waals surface area contributed by atoms with Gasteiger partial charge in [-0.3, -0.25) is 11.3 Å². The molecule has 13 heavy (non-hydrogen) atoms. The monoisotopic (exact) mass is 288 g/mol. The molecule has 3 N–H and O–H groups in total. The van der Waals surface area contributed by atoms with Crippen LogP contribution in [-0.4, -0.2) is 0 Å². The van der Waals surface area contributed by atoms with Gasteiger partial charge >= 0.3 is 0 Å². The van der Waals surface area contributed by atoms with Crippen LogP contribution in [0.25, 0.3) is 0 Å². The number of nitrogens with one attached hydrogen (secondary N) is 1. The van der Waals surface area contributed by atoms with E-state index in [1.165, 1.54) is 9.13 Å². The van der Waals surface area contributed by atoms with E-state index >= 15 is 0 Å². The third kappa shape index (κ3) is 3.10. The summed E-state index contributed by atoms with van der Waals surface area (Å²) in [5, 5.41) is 0. The first-order chi connectivity index (χ1) is 6.27. The molecule has 1 atom stereocenters. The smallest absolute Gasteiger partial charge is 0.0494 e. The van der Waals surface area contributed by atoms with Gasteiger partial charge in [-0.2, -0.15) is 0 Å². The van der Waals surface area contributed by atoms with E-state index in [0.29, 0.717) is 0 Å². The summed E-state index contributed by atoms with van der Waals surface area (Å²) in [4.78, 5) is 0. The van der Waals surface area contributed by atoms with E-state index in [4.69, 9.17) is 5.84 Å². The predicted molar refractivity (Wildman–Crippen MR) is 64.0 cm³/mol. The first-order valence-corrected chi connectivity index (χ1v) is 5.18. The summed E-state index contributed by atoms with van der Waals surface area (Å²) >= 11 is 2.28. The molecule has 0 aliphatic carbocycles. The summed E-state index contributed by atoms with van der Waals surface area (Å²) in [6.07, 6.45) is 2.71. The van der Waals surface area contributed by atoms with Gasteiger partial charge in [0.05, 0.1) is 0 Å². The van der Waals surface area contributed by atoms with Crippen LogP contribution < -0.4 is 11.3 Å². The van der Waals surface area contributed by atoms with Crippen LogP contribution in [0.1, 0.15) is 18.0 Å². The first kappa shape index (κ1) is 10.7. The van der Waals surface area contributed by atoms with Crippen LogP contribution in [0.15, 0.2) is 36.9 Å². The Morgan fingerprint density at radius 1 is 1.46 bits per heavy atom.